The molecule has 19 heavy (non-hydrogen) atoms. The highest BCUT2D eigenvalue weighted by Gasteiger charge is 2.08. The minimum atomic E-state index is -0.988. The molecule has 1 aromatic heterocycles. The molecule has 0 aliphatic heterocycles. The van der Waals surface area contributed by atoms with Crippen molar-refractivity contribution in [2.75, 3.05) is 5.32 Å². The number of carbonyl (C=O) groups excluding carboxylic acids is 1. The number of nitrogens with zero attached hydrogens (tertiary/aromatic N) is 2. The van der Waals surface area contributed by atoms with Crippen molar-refractivity contribution in [2.45, 2.75) is 13.5 Å². The molecule has 2 aromatic rings. The van der Waals surface area contributed by atoms with Gasteiger partial charge in [0.05, 0.1) is 5.56 Å². The van der Waals surface area contributed by atoms with Crippen LogP contribution in [0.2, 0.25) is 0 Å². The quantitative estimate of drug-likeness (QED) is 0.872. The third-order valence-corrected chi connectivity index (χ3v) is 2.61. The zero-order valence-corrected chi connectivity index (χ0v) is 10.3. The van der Waals surface area contributed by atoms with E-state index in [2.05, 4.69) is 10.4 Å². The Morgan fingerprint density at radius 2 is 2.21 bits per heavy atom. The molecular weight excluding hydrogens is 246 g/mol. The molecule has 0 saturated heterocycles. The highest BCUT2D eigenvalue weighted by Crippen LogP contribution is 2.16. The van der Waals surface area contributed by atoms with Gasteiger partial charge in [-0.25, -0.2) is 4.79 Å². The van der Waals surface area contributed by atoms with Crippen LogP contribution in [0.3, 0.4) is 0 Å². The molecule has 1 amide bonds. The number of hydrogen-bond acceptors (Lipinski definition) is 3. The molecule has 1 heterocycles. The number of anilines is 1. The number of carboxylic acids is 1. The maximum atomic E-state index is 11.8. The van der Waals surface area contributed by atoms with Gasteiger partial charge >= 0.3 is 5.97 Å². The molecule has 98 valence electrons. The molecule has 0 atom stereocenters. The molecular formula is C13H13N3O3. The van der Waals surface area contributed by atoms with Gasteiger partial charge in [-0.2, -0.15) is 5.10 Å². The molecule has 0 saturated carbocycles. The van der Waals surface area contributed by atoms with Gasteiger partial charge in [-0.3, -0.25) is 9.48 Å². The Morgan fingerprint density at radius 1 is 1.42 bits per heavy atom. The average Bonchev–Trinajstić information content (AvgIpc) is 2.84. The lowest BCUT2D eigenvalue weighted by molar-refractivity contribution is -0.116. The molecule has 0 fully saturated rings. The van der Waals surface area contributed by atoms with E-state index in [1.165, 1.54) is 16.8 Å². The standard InChI is InChI=1S/C13H13N3O3/c1-9-7-10(13(18)19)3-4-11(9)15-12(17)8-16-6-2-5-14-16/h2-7H,8H2,1H3,(H,15,17)(H,18,19). The molecule has 2 N–H and O–H groups in total. The van der Waals surface area contributed by atoms with Crippen LogP contribution in [-0.4, -0.2) is 26.8 Å². The van der Waals surface area contributed by atoms with Gasteiger partial charge in [0.1, 0.15) is 6.54 Å². The minimum absolute atomic E-state index is 0.118. The van der Waals surface area contributed by atoms with Gasteiger partial charge in [0.2, 0.25) is 5.91 Å². The normalized spacial score (nSPS) is 10.2. The van der Waals surface area contributed by atoms with Gasteiger partial charge in [0.15, 0.2) is 0 Å². The van der Waals surface area contributed by atoms with Crippen molar-refractivity contribution >= 4 is 17.6 Å². The molecule has 6 heteroatoms. The minimum Gasteiger partial charge on any atom is -0.478 e. The number of aromatic carboxylic acids is 1. The second-order valence-corrected chi connectivity index (χ2v) is 4.09. The summed E-state index contributed by atoms with van der Waals surface area (Å²) in [5, 5.41) is 15.5. The number of nitrogens with one attached hydrogen (secondary N) is 1. The van der Waals surface area contributed by atoms with Crippen LogP contribution in [0.1, 0.15) is 15.9 Å². The summed E-state index contributed by atoms with van der Waals surface area (Å²) in [4.78, 5) is 22.6. The molecule has 0 spiro atoms. The Kier molecular flexibility index (Phi) is 3.61. The van der Waals surface area contributed by atoms with Gasteiger partial charge in [-0.1, -0.05) is 0 Å². The van der Waals surface area contributed by atoms with Crippen LogP contribution >= 0.6 is 0 Å². The Balaban J connectivity index is 2.07. The fourth-order valence-corrected chi connectivity index (χ4v) is 1.67. The second-order valence-electron chi connectivity index (χ2n) is 4.09. The monoisotopic (exact) mass is 259 g/mol. The maximum absolute atomic E-state index is 11.8. The number of aromatic nitrogens is 2. The second kappa shape index (κ2) is 5.34. The number of amides is 1. The summed E-state index contributed by atoms with van der Waals surface area (Å²) in [7, 11) is 0. The van der Waals surface area contributed by atoms with Crippen LogP contribution in [0, 0.1) is 6.92 Å². The average molecular weight is 259 g/mol. The SMILES string of the molecule is Cc1cc(C(=O)O)ccc1NC(=O)Cn1cccn1. The molecule has 2 rings (SSSR count). The summed E-state index contributed by atoms with van der Waals surface area (Å²) in [6.07, 6.45) is 3.29. The number of rotatable bonds is 4. The number of hydrogen-bond donors (Lipinski definition) is 2. The van der Waals surface area contributed by atoms with E-state index in [1.807, 2.05) is 0 Å². The lowest BCUT2D eigenvalue weighted by Gasteiger charge is -2.09. The number of aryl methyl sites for hydroxylation is 1. The first-order valence-electron chi connectivity index (χ1n) is 5.67. The summed E-state index contributed by atoms with van der Waals surface area (Å²) in [5.74, 6) is -1.20. The van der Waals surface area contributed by atoms with Crippen molar-refractivity contribution in [1.82, 2.24) is 9.78 Å². The zero-order chi connectivity index (χ0) is 13.8. The third kappa shape index (κ3) is 3.19. The van der Waals surface area contributed by atoms with Crippen LogP contribution in [0.15, 0.2) is 36.7 Å². The fourth-order valence-electron chi connectivity index (χ4n) is 1.67. The van der Waals surface area contributed by atoms with E-state index in [1.54, 1.807) is 31.5 Å². The topological polar surface area (TPSA) is 84.2 Å². The summed E-state index contributed by atoms with van der Waals surface area (Å²) in [5.41, 5.74) is 1.50. The Hall–Kier alpha value is -2.63. The smallest absolute Gasteiger partial charge is 0.335 e. The van der Waals surface area contributed by atoms with Gasteiger partial charge in [-0.15, -0.1) is 0 Å². The van der Waals surface area contributed by atoms with E-state index >= 15 is 0 Å². The predicted octanol–water partition coefficient (Wildman–Crippen LogP) is 1.53. The van der Waals surface area contributed by atoms with Crippen molar-refractivity contribution in [2.24, 2.45) is 0 Å². The Labute approximate surface area is 109 Å². The molecule has 0 aliphatic rings. The fraction of sp³-hybridized carbons (Fsp3) is 0.154. The zero-order valence-electron chi connectivity index (χ0n) is 10.3. The van der Waals surface area contributed by atoms with Gasteiger partial charge in [-0.05, 0) is 36.8 Å². The molecule has 0 aliphatic carbocycles. The lowest BCUT2D eigenvalue weighted by Crippen LogP contribution is -2.19. The van der Waals surface area contributed by atoms with Crippen LogP contribution in [0.4, 0.5) is 5.69 Å². The highest BCUT2D eigenvalue weighted by atomic mass is 16.4. The number of carbonyl (C=O) groups is 2. The number of carboxylic acid groups (broad SMARTS) is 1. The first kappa shape index (κ1) is 12.8. The Morgan fingerprint density at radius 3 is 2.79 bits per heavy atom. The van der Waals surface area contributed by atoms with Crippen LogP contribution in [0.5, 0.6) is 0 Å². The van der Waals surface area contributed by atoms with Crippen LogP contribution in [0.25, 0.3) is 0 Å². The van der Waals surface area contributed by atoms with E-state index in [9.17, 15) is 9.59 Å². The molecule has 0 radical (unpaired) electrons. The molecule has 0 bridgehead atoms. The molecule has 0 unspecified atom stereocenters. The summed E-state index contributed by atoms with van der Waals surface area (Å²) in [6.45, 7) is 1.86. The molecule has 6 nitrogen and oxygen atoms in total. The van der Waals surface area contributed by atoms with E-state index < -0.39 is 5.97 Å². The first-order chi connectivity index (χ1) is 9.06. The van der Waals surface area contributed by atoms with Gasteiger partial charge in [0.25, 0.3) is 0 Å². The summed E-state index contributed by atoms with van der Waals surface area (Å²) >= 11 is 0. The summed E-state index contributed by atoms with van der Waals surface area (Å²) < 4.78 is 1.51. The van der Waals surface area contributed by atoms with E-state index in [0.717, 1.165) is 0 Å². The van der Waals surface area contributed by atoms with Crippen molar-refractivity contribution < 1.29 is 14.7 Å². The first-order valence-corrected chi connectivity index (χ1v) is 5.67. The van der Waals surface area contributed by atoms with Crippen LogP contribution in [-0.2, 0) is 11.3 Å². The van der Waals surface area contributed by atoms with Crippen molar-refractivity contribution in [3.63, 3.8) is 0 Å². The van der Waals surface area contributed by atoms with Gasteiger partial charge in [0, 0.05) is 18.1 Å². The van der Waals surface area contributed by atoms with E-state index in [4.69, 9.17) is 5.11 Å². The summed E-state index contributed by atoms with van der Waals surface area (Å²) in [6, 6.07) is 6.30. The highest BCUT2D eigenvalue weighted by molar-refractivity contribution is 5.93. The maximum Gasteiger partial charge on any atom is 0.335 e. The van der Waals surface area contributed by atoms with Crippen molar-refractivity contribution in [3.8, 4) is 0 Å². The third-order valence-electron chi connectivity index (χ3n) is 2.61. The largest absolute Gasteiger partial charge is 0.478 e. The van der Waals surface area contributed by atoms with E-state index in [-0.39, 0.29) is 18.0 Å². The lowest BCUT2D eigenvalue weighted by atomic mass is 10.1. The van der Waals surface area contributed by atoms with Crippen LogP contribution < -0.4 is 5.32 Å². The van der Waals surface area contributed by atoms with Crippen molar-refractivity contribution in [1.29, 1.82) is 0 Å². The molecule has 1 aromatic carbocycles. The van der Waals surface area contributed by atoms with E-state index in [0.29, 0.717) is 11.3 Å². The van der Waals surface area contributed by atoms with Crippen molar-refractivity contribution in [3.05, 3.63) is 47.8 Å². The Bertz CT molecular complexity index is 606. The number of benzene rings is 1. The predicted molar refractivity (Wildman–Crippen MR) is 69.0 cm³/mol. The van der Waals surface area contributed by atoms with Gasteiger partial charge < -0.3 is 10.4 Å².